The summed E-state index contributed by atoms with van der Waals surface area (Å²) < 4.78 is 12.7. The molecule has 1 fully saturated rings. The molecule has 0 saturated heterocycles. The molecule has 1 unspecified atom stereocenters. The van der Waals surface area contributed by atoms with Gasteiger partial charge < -0.3 is 4.79 Å². The Bertz CT molecular complexity index is 314. The Labute approximate surface area is 82.9 Å². The van der Waals surface area contributed by atoms with Crippen LogP contribution in [-0.2, 0) is 4.79 Å². The van der Waals surface area contributed by atoms with Gasteiger partial charge >= 0.3 is 0 Å². The summed E-state index contributed by atoms with van der Waals surface area (Å²) in [5.41, 5.74) is 0.950. The minimum Gasteiger partial charge on any atom is -0.303 e. The summed E-state index contributed by atoms with van der Waals surface area (Å²) in [6.45, 7) is 0. The monoisotopic (exact) mass is 192 g/mol. The number of rotatable bonds is 3. The average molecular weight is 192 g/mol. The summed E-state index contributed by atoms with van der Waals surface area (Å²) >= 11 is 0. The van der Waals surface area contributed by atoms with Crippen LogP contribution in [0.4, 0.5) is 4.39 Å². The third-order valence-electron chi connectivity index (χ3n) is 3.06. The molecule has 0 N–H and O–H groups in total. The molecule has 1 aliphatic carbocycles. The summed E-state index contributed by atoms with van der Waals surface area (Å²) in [6, 6.07) is 6.27. The van der Waals surface area contributed by atoms with Crippen molar-refractivity contribution in [3.8, 4) is 0 Å². The molecule has 74 valence electrons. The third kappa shape index (κ3) is 1.69. The van der Waals surface area contributed by atoms with Crippen LogP contribution in [0.2, 0.25) is 0 Å². The van der Waals surface area contributed by atoms with E-state index in [1.807, 2.05) is 0 Å². The van der Waals surface area contributed by atoms with Crippen molar-refractivity contribution < 1.29 is 9.18 Å². The highest BCUT2D eigenvalue weighted by Gasteiger charge is 2.27. The summed E-state index contributed by atoms with van der Waals surface area (Å²) in [5, 5.41) is 0. The molecule has 1 saturated carbocycles. The second-order valence-corrected chi connectivity index (χ2v) is 3.90. The fourth-order valence-electron chi connectivity index (χ4n) is 1.95. The highest BCUT2D eigenvalue weighted by molar-refractivity contribution is 5.62. The first-order valence-corrected chi connectivity index (χ1v) is 5.02. The van der Waals surface area contributed by atoms with Crippen LogP contribution in [0.1, 0.15) is 30.7 Å². The van der Waals surface area contributed by atoms with Gasteiger partial charge in [0.1, 0.15) is 12.1 Å². The van der Waals surface area contributed by atoms with Gasteiger partial charge in [-0.2, -0.15) is 0 Å². The first-order valence-electron chi connectivity index (χ1n) is 5.02. The van der Waals surface area contributed by atoms with E-state index in [0.717, 1.165) is 24.7 Å². The zero-order valence-electron chi connectivity index (χ0n) is 7.95. The van der Waals surface area contributed by atoms with Crippen LogP contribution in [0.3, 0.4) is 0 Å². The Morgan fingerprint density at radius 3 is 2.36 bits per heavy atom. The molecule has 1 nitrogen and oxygen atoms in total. The summed E-state index contributed by atoms with van der Waals surface area (Å²) in [6.07, 6.45) is 4.47. The Morgan fingerprint density at radius 1 is 1.29 bits per heavy atom. The predicted octanol–water partition coefficient (Wildman–Crippen LogP) is 2.91. The number of hydrogen-bond donors (Lipinski definition) is 0. The van der Waals surface area contributed by atoms with E-state index in [-0.39, 0.29) is 11.7 Å². The lowest BCUT2D eigenvalue weighted by Gasteiger charge is -2.30. The topological polar surface area (TPSA) is 17.1 Å². The van der Waals surface area contributed by atoms with Gasteiger partial charge in [-0.3, -0.25) is 0 Å². The minimum absolute atomic E-state index is 0.0238. The largest absolute Gasteiger partial charge is 0.303 e. The van der Waals surface area contributed by atoms with Crippen molar-refractivity contribution in [3.05, 3.63) is 35.6 Å². The molecule has 1 aromatic rings. The van der Waals surface area contributed by atoms with Gasteiger partial charge in [0, 0.05) is 5.92 Å². The maximum Gasteiger partial charge on any atom is 0.127 e. The number of halogens is 1. The molecule has 2 rings (SSSR count). The summed E-state index contributed by atoms with van der Waals surface area (Å²) in [7, 11) is 0. The fourth-order valence-corrected chi connectivity index (χ4v) is 1.95. The summed E-state index contributed by atoms with van der Waals surface area (Å²) in [5.74, 6) is 0.217. The molecule has 0 aromatic heterocycles. The van der Waals surface area contributed by atoms with E-state index in [0.29, 0.717) is 5.92 Å². The van der Waals surface area contributed by atoms with Crippen LogP contribution < -0.4 is 0 Å². The standard InChI is InChI=1S/C12H13FO/c13-11-6-4-10(5-7-11)12(8-14)9-2-1-3-9/h4-9,12H,1-3H2. The van der Waals surface area contributed by atoms with Gasteiger partial charge in [0.05, 0.1) is 0 Å². The molecule has 0 radical (unpaired) electrons. The molecule has 0 spiro atoms. The maximum atomic E-state index is 12.7. The molecule has 14 heavy (non-hydrogen) atoms. The number of carbonyl (C=O) groups excluding carboxylic acids is 1. The van der Waals surface area contributed by atoms with Crippen molar-refractivity contribution in [2.45, 2.75) is 25.2 Å². The molecular weight excluding hydrogens is 179 g/mol. The first kappa shape index (κ1) is 9.38. The highest BCUT2D eigenvalue weighted by Crippen LogP contribution is 2.37. The number of benzene rings is 1. The maximum absolute atomic E-state index is 12.7. The number of carbonyl (C=O) groups is 1. The van der Waals surface area contributed by atoms with Gasteiger partial charge in [0.2, 0.25) is 0 Å². The molecule has 0 amide bonds. The van der Waals surface area contributed by atoms with E-state index < -0.39 is 0 Å². The van der Waals surface area contributed by atoms with Gasteiger partial charge in [0.15, 0.2) is 0 Å². The smallest absolute Gasteiger partial charge is 0.127 e. The molecule has 1 aromatic carbocycles. The average Bonchev–Trinajstić information content (AvgIpc) is 2.13. The lowest BCUT2D eigenvalue weighted by atomic mass is 9.74. The van der Waals surface area contributed by atoms with Crippen molar-refractivity contribution in [3.63, 3.8) is 0 Å². The Morgan fingerprint density at radius 2 is 1.93 bits per heavy atom. The molecular formula is C12H13FO. The van der Waals surface area contributed by atoms with Crippen LogP contribution in [-0.4, -0.2) is 6.29 Å². The van der Waals surface area contributed by atoms with E-state index in [1.54, 1.807) is 12.1 Å². The van der Waals surface area contributed by atoms with E-state index in [4.69, 9.17) is 0 Å². The minimum atomic E-state index is -0.244. The van der Waals surface area contributed by atoms with Crippen LogP contribution >= 0.6 is 0 Å². The number of hydrogen-bond acceptors (Lipinski definition) is 1. The van der Waals surface area contributed by atoms with Gasteiger partial charge in [0.25, 0.3) is 0 Å². The van der Waals surface area contributed by atoms with Crippen LogP contribution in [0, 0.1) is 11.7 Å². The number of aldehydes is 1. The van der Waals surface area contributed by atoms with E-state index in [1.165, 1.54) is 18.6 Å². The van der Waals surface area contributed by atoms with Crippen molar-refractivity contribution in [2.75, 3.05) is 0 Å². The quantitative estimate of drug-likeness (QED) is 0.673. The lowest BCUT2D eigenvalue weighted by Crippen LogP contribution is -2.21. The van der Waals surface area contributed by atoms with Gasteiger partial charge in [-0.05, 0) is 36.5 Å². The molecule has 0 aliphatic heterocycles. The van der Waals surface area contributed by atoms with Gasteiger partial charge in [-0.15, -0.1) is 0 Å². The zero-order chi connectivity index (χ0) is 9.97. The molecule has 0 bridgehead atoms. The van der Waals surface area contributed by atoms with Crippen LogP contribution in [0.25, 0.3) is 0 Å². The van der Waals surface area contributed by atoms with Crippen molar-refractivity contribution >= 4 is 6.29 Å². The normalized spacial score (nSPS) is 18.6. The fraction of sp³-hybridized carbons (Fsp3) is 0.417. The van der Waals surface area contributed by atoms with Crippen LogP contribution in [0.15, 0.2) is 24.3 Å². The second kappa shape index (κ2) is 3.91. The Balaban J connectivity index is 2.18. The Hall–Kier alpha value is -1.18. The van der Waals surface area contributed by atoms with Crippen molar-refractivity contribution in [1.29, 1.82) is 0 Å². The van der Waals surface area contributed by atoms with Crippen molar-refractivity contribution in [2.24, 2.45) is 5.92 Å². The van der Waals surface area contributed by atoms with E-state index in [2.05, 4.69) is 0 Å². The van der Waals surface area contributed by atoms with E-state index in [9.17, 15) is 9.18 Å². The summed E-state index contributed by atoms with van der Waals surface area (Å²) in [4.78, 5) is 10.9. The molecule has 1 atom stereocenters. The van der Waals surface area contributed by atoms with Gasteiger partial charge in [-0.25, -0.2) is 4.39 Å². The SMILES string of the molecule is O=CC(c1ccc(F)cc1)C1CCC1. The second-order valence-electron chi connectivity index (χ2n) is 3.90. The van der Waals surface area contributed by atoms with Crippen molar-refractivity contribution in [1.82, 2.24) is 0 Å². The van der Waals surface area contributed by atoms with Gasteiger partial charge in [-0.1, -0.05) is 18.6 Å². The van der Waals surface area contributed by atoms with E-state index >= 15 is 0 Å². The lowest BCUT2D eigenvalue weighted by molar-refractivity contribution is -0.110. The molecule has 0 heterocycles. The predicted molar refractivity (Wildman–Crippen MR) is 52.5 cm³/mol. The Kier molecular flexibility index (Phi) is 2.62. The third-order valence-corrected chi connectivity index (χ3v) is 3.06. The molecule has 1 aliphatic rings. The zero-order valence-corrected chi connectivity index (χ0v) is 7.95. The molecule has 2 heteroatoms. The first-order chi connectivity index (χ1) is 6.81. The highest BCUT2D eigenvalue weighted by atomic mass is 19.1. The van der Waals surface area contributed by atoms with Crippen LogP contribution in [0.5, 0.6) is 0 Å².